The van der Waals surface area contributed by atoms with Crippen molar-refractivity contribution < 1.29 is 8.42 Å². The van der Waals surface area contributed by atoms with Gasteiger partial charge in [-0.05, 0) is 31.9 Å². The molecule has 0 atom stereocenters. The molecule has 1 aliphatic rings. The highest BCUT2D eigenvalue weighted by Crippen LogP contribution is 2.17. The molecule has 0 radical (unpaired) electrons. The van der Waals surface area contributed by atoms with Crippen LogP contribution in [0.2, 0.25) is 0 Å². The van der Waals surface area contributed by atoms with Crippen LogP contribution in [0.25, 0.3) is 0 Å². The number of aryl methyl sites for hydroxylation is 1. The van der Waals surface area contributed by atoms with Crippen LogP contribution in [0.1, 0.15) is 37.7 Å². The van der Waals surface area contributed by atoms with Crippen LogP contribution in [0, 0.1) is 6.92 Å². The minimum Gasteiger partial charge on any atom is -0.355 e. The molecule has 1 aromatic rings. The molecule has 6 nitrogen and oxygen atoms in total. The molecular formula is C17H29IN4O2S. The molecule has 0 bridgehead atoms. The van der Waals surface area contributed by atoms with E-state index in [0.717, 1.165) is 11.5 Å². The van der Waals surface area contributed by atoms with Gasteiger partial charge in [0.2, 0.25) is 10.0 Å². The van der Waals surface area contributed by atoms with E-state index in [4.69, 9.17) is 0 Å². The fraction of sp³-hybridized carbons (Fsp3) is 0.588. The summed E-state index contributed by atoms with van der Waals surface area (Å²) >= 11 is 0. The lowest BCUT2D eigenvalue weighted by atomic mass is 9.96. The number of halogens is 1. The molecule has 0 heterocycles. The molecule has 1 saturated carbocycles. The van der Waals surface area contributed by atoms with Gasteiger partial charge in [-0.2, -0.15) is 0 Å². The zero-order valence-corrected chi connectivity index (χ0v) is 18.1. The van der Waals surface area contributed by atoms with E-state index >= 15 is 0 Å². The Balaban J connectivity index is 0.00000312. The molecule has 3 N–H and O–H groups in total. The fourth-order valence-corrected chi connectivity index (χ4v) is 3.83. The van der Waals surface area contributed by atoms with Gasteiger partial charge < -0.3 is 10.6 Å². The Morgan fingerprint density at radius 3 is 2.36 bits per heavy atom. The number of nitrogens with one attached hydrogen (secondary N) is 3. The second-order valence-corrected chi connectivity index (χ2v) is 7.96. The van der Waals surface area contributed by atoms with Gasteiger partial charge in [-0.1, -0.05) is 37.0 Å². The molecule has 1 aliphatic carbocycles. The van der Waals surface area contributed by atoms with E-state index in [1.807, 2.05) is 6.92 Å². The Morgan fingerprint density at radius 1 is 1.12 bits per heavy atom. The first-order valence-electron chi connectivity index (χ1n) is 8.55. The average Bonchev–Trinajstić information content (AvgIpc) is 2.59. The number of rotatable bonds is 6. The third-order valence-electron chi connectivity index (χ3n) is 4.21. The van der Waals surface area contributed by atoms with Crippen molar-refractivity contribution in [1.29, 1.82) is 0 Å². The van der Waals surface area contributed by atoms with Crippen LogP contribution < -0.4 is 15.4 Å². The van der Waals surface area contributed by atoms with Gasteiger partial charge in [0, 0.05) is 26.2 Å². The first kappa shape index (κ1) is 22.2. The predicted molar refractivity (Wildman–Crippen MR) is 113 cm³/mol. The number of hydrogen-bond acceptors (Lipinski definition) is 3. The van der Waals surface area contributed by atoms with Crippen LogP contribution in [0.15, 0.2) is 34.2 Å². The molecule has 0 aliphatic heterocycles. The summed E-state index contributed by atoms with van der Waals surface area (Å²) in [5.41, 5.74) is 1.04. The summed E-state index contributed by atoms with van der Waals surface area (Å²) < 4.78 is 27.0. The second kappa shape index (κ2) is 11.0. The first-order chi connectivity index (χ1) is 11.5. The van der Waals surface area contributed by atoms with E-state index in [1.165, 1.54) is 32.1 Å². The molecule has 1 fully saturated rings. The van der Waals surface area contributed by atoms with Crippen LogP contribution in [-0.4, -0.2) is 40.6 Å². The number of guanidine groups is 1. The zero-order valence-electron chi connectivity index (χ0n) is 14.9. The van der Waals surface area contributed by atoms with Crippen LogP contribution in [0.5, 0.6) is 0 Å². The Hall–Kier alpha value is -0.870. The van der Waals surface area contributed by atoms with Gasteiger partial charge in [0.15, 0.2) is 5.96 Å². The van der Waals surface area contributed by atoms with Gasteiger partial charge in [-0.15, -0.1) is 24.0 Å². The van der Waals surface area contributed by atoms with Crippen molar-refractivity contribution in [1.82, 2.24) is 15.4 Å². The second-order valence-electron chi connectivity index (χ2n) is 6.19. The van der Waals surface area contributed by atoms with Crippen molar-refractivity contribution in [2.45, 2.75) is 50.0 Å². The molecule has 0 saturated heterocycles. The average molecular weight is 480 g/mol. The maximum absolute atomic E-state index is 12.2. The van der Waals surface area contributed by atoms with E-state index in [0.29, 0.717) is 19.1 Å². The number of nitrogens with zero attached hydrogens (tertiary/aromatic N) is 1. The Bertz CT molecular complexity index is 641. The topological polar surface area (TPSA) is 82.6 Å². The van der Waals surface area contributed by atoms with Crippen molar-refractivity contribution >= 4 is 40.0 Å². The molecule has 2 rings (SSSR count). The molecule has 142 valence electrons. The monoisotopic (exact) mass is 480 g/mol. The highest BCUT2D eigenvalue weighted by Gasteiger charge is 2.15. The quantitative estimate of drug-likeness (QED) is 0.253. The minimum absolute atomic E-state index is 0. The number of benzene rings is 1. The van der Waals surface area contributed by atoms with Gasteiger partial charge in [-0.3, -0.25) is 4.99 Å². The highest BCUT2D eigenvalue weighted by molar-refractivity contribution is 14.0. The maximum atomic E-state index is 12.2. The molecule has 0 aromatic heterocycles. The Labute approximate surface area is 168 Å². The molecule has 0 unspecified atom stereocenters. The summed E-state index contributed by atoms with van der Waals surface area (Å²) in [6.45, 7) is 2.72. The van der Waals surface area contributed by atoms with Crippen molar-refractivity contribution in [3.05, 3.63) is 29.8 Å². The lowest BCUT2D eigenvalue weighted by Crippen LogP contribution is -2.46. The van der Waals surface area contributed by atoms with E-state index in [2.05, 4.69) is 20.3 Å². The number of aliphatic imine (C=N–C) groups is 1. The van der Waals surface area contributed by atoms with Crippen LogP contribution in [0.3, 0.4) is 0 Å². The van der Waals surface area contributed by atoms with Crippen LogP contribution in [-0.2, 0) is 10.0 Å². The highest BCUT2D eigenvalue weighted by atomic mass is 127. The minimum atomic E-state index is -3.46. The first-order valence-corrected chi connectivity index (χ1v) is 10.0. The van der Waals surface area contributed by atoms with Crippen molar-refractivity contribution in [2.24, 2.45) is 4.99 Å². The maximum Gasteiger partial charge on any atom is 0.240 e. The predicted octanol–water partition coefficient (Wildman–Crippen LogP) is 2.39. The van der Waals surface area contributed by atoms with E-state index in [1.54, 1.807) is 31.3 Å². The zero-order chi connectivity index (χ0) is 17.4. The fourth-order valence-electron chi connectivity index (χ4n) is 2.80. The molecular weight excluding hydrogens is 451 g/mol. The summed E-state index contributed by atoms with van der Waals surface area (Å²) in [5.74, 6) is 0.733. The molecule has 0 amide bonds. The lowest BCUT2D eigenvalue weighted by molar-refractivity contribution is 0.410. The van der Waals surface area contributed by atoms with Crippen molar-refractivity contribution in [2.75, 3.05) is 20.1 Å². The number of hydrogen-bond donors (Lipinski definition) is 3. The molecule has 8 heteroatoms. The normalized spacial score (nSPS) is 16.2. The Kier molecular flexibility index (Phi) is 9.73. The molecule has 25 heavy (non-hydrogen) atoms. The molecule has 0 spiro atoms. The van der Waals surface area contributed by atoms with Crippen LogP contribution >= 0.6 is 24.0 Å². The molecule has 1 aromatic carbocycles. The summed E-state index contributed by atoms with van der Waals surface area (Å²) in [4.78, 5) is 4.49. The van der Waals surface area contributed by atoms with Crippen molar-refractivity contribution in [3.8, 4) is 0 Å². The van der Waals surface area contributed by atoms with Crippen LogP contribution in [0.4, 0.5) is 0 Å². The third kappa shape index (κ3) is 7.49. The van der Waals surface area contributed by atoms with Gasteiger partial charge in [0.1, 0.15) is 0 Å². The summed E-state index contributed by atoms with van der Waals surface area (Å²) in [7, 11) is -1.73. The van der Waals surface area contributed by atoms with E-state index in [9.17, 15) is 8.42 Å². The lowest BCUT2D eigenvalue weighted by Gasteiger charge is -2.24. The van der Waals surface area contributed by atoms with Crippen molar-refractivity contribution in [3.63, 3.8) is 0 Å². The third-order valence-corrected chi connectivity index (χ3v) is 5.69. The summed E-state index contributed by atoms with van der Waals surface area (Å²) in [6, 6.07) is 7.30. The SMILES string of the molecule is CN=C(NCCNS(=O)(=O)c1ccc(C)cc1)NC1CCCCC1.I. The van der Waals surface area contributed by atoms with E-state index < -0.39 is 10.0 Å². The summed E-state index contributed by atoms with van der Waals surface area (Å²) in [5, 5.41) is 6.56. The van der Waals surface area contributed by atoms with Gasteiger partial charge in [0.05, 0.1) is 4.90 Å². The van der Waals surface area contributed by atoms with Gasteiger partial charge in [0.25, 0.3) is 0 Å². The summed E-state index contributed by atoms with van der Waals surface area (Å²) in [6.07, 6.45) is 6.16. The largest absolute Gasteiger partial charge is 0.355 e. The van der Waals surface area contributed by atoms with Gasteiger partial charge in [-0.25, -0.2) is 13.1 Å². The van der Waals surface area contributed by atoms with Gasteiger partial charge >= 0.3 is 0 Å². The Morgan fingerprint density at radius 2 is 1.76 bits per heavy atom. The number of sulfonamides is 1. The standard InChI is InChI=1S/C17H28N4O2S.HI/c1-14-8-10-16(11-9-14)24(22,23)20-13-12-19-17(18-2)21-15-6-4-3-5-7-15;/h8-11,15,20H,3-7,12-13H2,1-2H3,(H2,18,19,21);1H. The van der Waals surface area contributed by atoms with E-state index in [-0.39, 0.29) is 28.9 Å². The smallest absolute Gasteiger partial charge is 0.240 e.